The first-order valence-corrected chi connectivity index (χ1v) is 10.5. The number of halogens is 1. The standard InChI is InChI=1S/C24H27FN2O3/c1-26-13-2-3-14-27(22(28)19-7-9-20(25)10-8-19)16-18-5-4-6-21(15-18)30-17-24(11-12-24)23(26)29/h4-10,15H,2-3,11-14,16-17H2,1H3. The second-order valence-electron chi connectivity index (χ2n) is 8.38. The Labute approximate surface area is 176 Å². The third-order valence-corrected chi connectivity index (χ3v) is 5.99. The molecular weight excluding hydrogens is 383 g/mol. The third-order valence-electron chi connectivity index (χ3n) is 5.99. The van der Waals surface area contributed by atoms with E-state index in [0.717, 1.165) is 31.2 Å². The van der Waals surface area contributed by atoms with Crippen LogP contribution in [0.1, 0.15) is 41.6 Å². The van der Waals surface area contributed by atoms with E-state index in [9.17, 15) is 14.0 Å². The summed E-state index contributed by atoms with van der Waals surface area (Å²) in [5, 5.41) is 0. The molecule has 2 amide bonds. The Bertz CT molecular complexity index is 924. The van der Waals surface area contributed by atoms with Crippen LogP contribution in [0.2, 0.25) is 0 Å². The van der Waals surface area contributed by atoms with Gasteiger partial charge in [-0.2, -0.15) is 0 Å². The number of benzene rings is 2. The summed E-state index contributed by atoms with van der Waals surface area (Å²) in [5.41, 5.74) is 1.06. The van der Waals surface area contributed by atoms with Crippen molar-refractivity contribution in [3.05, 3.63) is 65.5 Å². The highest BCUT2D eigenvalue weighted by atomic mass is 19.1. The summed E-state index contributed by atoms with van der Waals surface area (Å²) in [6, 6.07) is 13.3. The Hall–Kier alpha value is -2.89. The summed E-state index contributed by atoms with van der Waals surface area (Å²) in [6.45, 7) is 2.06. The number of rotatable bonds is 1. The molecule has 30 heavy (non-hydrogen) atoms. The molecule has 5 nitrogen and oxygen atoms in total. The number of nitrogens with zero attached hydrogens (tertiary/aromatic N) is 2. The van der Waals surface area contributed by atoms with Gasteiger partial charge in [0.2, 0.25) is 5.91 Å². The molecule has 1 fully saturated rings. The van der Waals surface area contributed by atoms with Gasteiger partial charge in [-0.15, -0.1) is 0 Å². The van der Waals surface area contributed by atoms with Crippen LogP contribution < -0.4 is 4.74 Å². The van der Waals surface area contributed by atoms with Gasteiger partial charge in [0.15, 0.2) is 0 Å². The summed E-state index contributed by atoms with van der Waals surface area (Å²) in [5.74, 6) is 0.365. The molecule has 6 heteroatoms. The van der Waals surface area contributed by atoms with Gasteiger partial charge in [-0.05, 0) is 67.6 Å². The van der Waals surface area contributed by atoms with Crippen LogP contribution in [0.25, 0.3) is 0 Å². The maximum atomic E-state index is 13.3. The van der Waals surface area contributed by atoms with Crippen LogP contribution in [0.5, 0.6) is 5.75 Å². The van der Waals surface area contributed by atoms with E-state index in [1.165, 1.54) is 24.3 Å². The molecule has 1 aliphatic carbocycles. The summed E-state index contributed by atoms with van der Waals surface area (Å²) >= 11 is 0. The minimum absolute atomic E-state index is 0.130. The van der Waals surface area contributed by atoms with E-state index in [-0.39, 0.29) is 23.0 Å². The quantitative estimate of drug-likeness (QED) is 0.717. The van der Waals surface area contributed by atoms with Crippen molar-refractivity contribution in [3.8, 4) is 5.75 Å². The first-order chi connectivity index (χ1) is 14.5. The van der Waals surface area contributed by atoms with Gasteiger partial charge in [0.05, 0.1) is 5.41 Å². The molecule has 0 aromatic heterocycles. The molecule has 1 heterocycles. The molecule has 0 unspecified atom stereocenters. The largest absolute Gasteiger partial charge is 0.492 e. The summed E-state index contributed by atoms with van der Waals surface area (Å²) in [7, 11) is 1.84. The van der Waals surface area contributed by atoms with Gasteiger partial charge in [-0.3, -0.25) is 9.59 Å². The highest BCUT2D eigenvalue weighted by molar-refractivity contribution is 5.94. The molecule has 2 bridgehead atoms. The minimum atomic E-state index is -0.376. The second-order valence-corrected chi connectivity index (χ2v) is 8.38. The van der Waals surface area contributed by atoms with E-state index in [1.807, 2.05) is 31.3 Å². The molecule has 2 aromatic rings. The first kappa shape index (κ1) is 20.4. The van der Waals surface area contributed by atoms with E-state index < -0.39 is 0 Å². The molecule has 1 saturated carbocycles. The fraction of sp³-hybridized carbons (Fsp3) is 0.417. The maximum absolute atomic E-state index is 13.3. The van der Waals surface area contributed by atoms with Crippen LogP contribution in [-0.4, -0.2) is 48.4 Å². The van der Waals surface area contributed by atoms with Crippen molar-refractivity contribution in [1.29, 1.82) is 0 Å². The fourth-order valence-corrected chi connectivity index (χ4v) is 3.93. The Balaban J connectivity index is 1.57. The zero-order valence-corrected chi connectivity index (χ0v) is 17.3. The number of fused-ring (bicyclic) bond motifs is 2. The first-order valence-electron chi connectivity index (χ1n) is 10.5. The SMILES string of the molecule is CN1CCCCN(C(=O)c2ccc(F)cc2)Cc2cccc(c2)OCC2(CC2)C1=O. The van der Waals surface area contributed by atoms with Crippen LogP contribution >= 0.6 is 0 Å². The van der Waals surface area contributed by atoms with Gasteiger partial charge < -0.3 is 14.5 Å². The lowest BCUT2D eigenvalue weighted by Crippen LogP contribution is -2.38. The van der Waals surface area contributed by atoms with E-state index >= 15 is 0 Å². The van der Waals surface area contributed by atoms with Crippen LogP contribution in [0.4, 0.5) is 4.39 Å². The van der Waals surface area contributed by atoms with E-state index in [4.69, 9.17) is 4.74 Å². The predicted molar refractivity (Wildman–Crippen MR) is 112 cm³/mol. The highest BCUT2D eigenvalue weighted by Gasteiger charge is 2.52. The topological polar surface area (TPSA) is 49.9 Å². The smallest absolute Gasteiger partial charge is 0.254 e. The van der Waals surface area contributed by atoms with Gasteiger partial charge >= 0.3 is 0 Å². The van der Waals surface area contributed by atoms with Crippen molar-refractivity contribution < 1.29 is 18.7 Å². The Morgan fingerprint density at radius 1 is 1.07 bits per heavy atom. The van der Waals surface area contributed by atoms with Crippen molar-refractivity contribution in [1.82, 2.24) is 9.80 Å². The number of hydrogen-bond donors (Lipinski definition) is 0. The lowest BCUT2D eigenvalue weighted by molar-refractivity contribution is -0.136. The number of amides is 2. The van der Waals surface area contributed by atoms with Gasteiger partial charge in [-0.25, -0.2) is 4.39 Å². The molecule has 0 radical (unpaired) electrons. The number of ether oxygens (including phenoxy) is 1. The molecule has 1 spiro atoms. The van der Waals surface area contributed by atoms with Crippen molar-refractivity contribution >= 4 is 11.8 Å². The highest BCUT2D eigenvalue weighted by Crippen LogP contribution is 2.47. The zero-order chi connectivity index (χ0) is 21.1. The normalized spacial score (nSPS) is 19.2. The maximum Gasteiger partial charge on any atom is 0.254 e. The molecule has 0 N–H and O–H groups in total. The molecule has 2 aromatic carbocycles. The van der Waals surface area contributed by atoms with Crippen molar-refractivity contribution in [2.45, 2.75) is 32.2 Å². The Morgan fingerprint density at radius 3 is 2.53 bits per heavy atom. The van der Waals surface area contributed by atoms with Gasteiger partial charge in [0.25, 0.3) is 5.91 Å². The van der Waals surface area contributed by atoms with Crippen LogP contribution in [0.15, 0.2) is 48.5 Å². The molecule has 4 rings (SSSR count). The molecule has 1 aliphatic heterocycles. The third kappa shape index (κ3) is 4.48. The van der Waals surface area contributed by atoms with Crippen LogP contribution in [-0.2, 0) is 11.3 Å². The average molecular weight is 410 g/mol. The molecule has 0 atom stereocenters. The summed E-state index contributed by atoms with van der Waals surface area (Å²) in [4.78, 5) is 29.5. The lowest BCUT2D eigenvalue weighted by Gasteiger charge is -2.27. The zero-order valence-electron chi connectivity index (χ0n) is 17.3. The molecule has 2 aliphatic rings. The van der Waals surface area contributed by atoms with E-state index in [1.54, 1.807) is 9.80 Å². The fourth-order valence-electron chi connectivity index (χ4n) is 3.93. The van der Waals surface area contributed by atoms with Crippen molar-refractivity contribution in [2.24, 2.45) is 5.41 Å². The van der Waals surface area contributed by atoms with Crippen molar-refractivity contribution in [3.63, 3.8) is 0 Å². The second kappa shape index (κ2) is 8.46. The van der Waals surface area contributed by atoms with Crippen LogP contribution in [0, 0.1) is 11.2 Å². The summed E-state index contributed by atoms with van der Waals surface area (Å²) < 4.78 is 19.3. The van der Waals surface area contributed by atoms with E-state index in [2.05, 4.69) is 0 Å². The number of hydrogen-bond acceptors (Lipinski definition) is 3. The molecule has 0 saturated heterocycles. The number of carbonyl (C=O) groups is 2. The number of carbonyl (C=O) groups excluding carboxylic acids is 2. The lowest BCUT2D eigenvalue weighted by atomic mass is 10.1. The predicted octanol–water partition coefficient (Wildman–Crippen LogP) is 3.88. The molecular formula is C24H27FN2O3. The van der Waals surface area contributed by atoms with Gasteiger partial charge in [0.1, 0.15) is 18.2 Å². The average Bonchev–Trinajstić information content (AvgIpc) is 3.54. The minimum Gasteiger partial charge on any atom is -0.492 e. The monoisotopic (exact) mass is 410 g/mol. The Kier molecular flexibility index (Phi) is 5.75. The van der Waals surface area contributed by atoms with E-state index in [0.29, 0.717) is 37.6 Å². The molecule has 158 valence electrons. The van der Waals surface area contributed by atoms with Gasteiger partial charge in [0, 0.05) is 32.2 Å². The van der Waals surface area contributed by atoms with Gasteiger partial charge in [-0.1, -0.05) is 12.1 Å². The Morgan fingerprint density at radius 2 is 1.80 bits per heavy atom. The summed E-state index contributed by atoms with van der Waals surface area (Å²) in [6.07, 6.45) is 3.34. The van der Waals surface area contributed by atoms with Crippen molar-refractivity contribution in [2.75, 3.05) is 26.7 Å². The van der Waals surface area contributed by atoms with Crippen LogP contribution in [0.3, 0.4) is 0 Å².